The van der Waals surface area contributed by atoms with Crippen molar-refractivity contribution in [2.45, 2.75) is 59.9 Å². The Morgan fingerprint density at radius 3 is 1.73 bits per heavy atom. The molecule has 0 amide bonds. The average molecular weight is 427 g/mol. The summed E-state index contributed by atoms with van der Waals surface area (Å²) in [4.78, 5) is 3.92. The fourth-order valence-corrected chi connectivity index (χ4v) is 3.41. The lowest BCUT2D eigenvalue weighted by atomic mass is 9.90. The molecule has 2 rings (SSSR count). The second kappa shape index (κ2) is 12.9. The standard InChI is InChI=1S/C16H25BN2.C8H9Cl.C2H6/c1-11-9-12(2)14(13(3)10-11)15(19(8)17)16(4,5)18(6)7;1-7-2-4-8(6-9)5-3-7;1-2/h9-10H,1H2,2-8H3;2-5H,6H2,1H3;1-2H3. The first-order valence-electron chi connectivity index (χ1n) is 10.5. The van der Waals surface area contributed by atoms with E-state index in [9.17, 15) is 0 Å². The quantitative estimate of drug-likeness (QED) is 0.505. The van der Waals surface area contributed by atoms with Crippen LogP contribution in [0.25, 0.3) is 12.3 Å². The van der Waals surface area contributed by atoms with Gasteiger partial charge in [0.2, 0.25) is 7.98 Å². The Kier molecular flexibility index (Phi) is 12.1. The Bertz CT molecular complexity index is 855. The van der Waals surface area contributed by atoms with Crippen LogP contribution in [0.2, 0.25) is 0 Å². The molecule has 2 nitrogen and oxygen atoms in total. The van der Waals surface area contributed by atoms with E-state index >= 15 is 0 Å². The Hall–Kier alpha value is -1.71. The van der Waals surface area contributed by atoms with Crippen LogP contribution >= 0.6 is 11.6 Å². The van der Waals surface area contributed by atoms with Gasteiger partial charge in [0.1, 0.15) is 0 Å². The van der Waals surface area contributed by atoms with E-state index in [1.54, 1.807) is 4.81 Å². The Labute approximate surface area is 191 Å². The average Bonchev–Trinajstić information content (AvgIpc) is 2.66. The minimum absolute atomic E-state index is 0.151. The molecule has 0 atom stereocenters. The lowest BCUT2D eigenvalue weighted by molar-refractivity contribution is 0.245. The van der Waals surface area contributed by atoms with Gasteiger partial charge in [-0.1, -0.05) is 62.4 Å². The third kappa shape index (κ3) is 7.85. The fraction of sp³-hybridized carbons (Fsp3) is 0.462. The zero-order valence-electron chi connectivity index (χ0n) is 20.7. The molecule has 2 aromatic rings. The molecule has 0 saturated heterocycles. The number of aryl methyl sites for hydroxylation is 3. The summed E-state index contributed by atoms with van der Waals surface area (Å²) in [5, 5.41) is 2.26. The summed E-state index contributed by atoms with van der Waals surface area (Å²) in [5.41, 5.74) is 5.86. The number of halogens is 1. The molecule has 0 aromatic heterocycles. The van der Waals surface area contributed by atoms with Crippen LogP contribution < -0.4 is 10.4 Å². The number of nitrogens with zero attached hydrogens (tertiary/aromatic N) is 2. The van der Waals surface area contributed by atoms with Crippen molar-refractivity contribution in [3.63, 3.8) is 0 Å². The van der Waals surface area contributed by atoms with E-state index in [4.69, 9.17) is 19.6 Å². The third-order valence-corrected chi connectivity index (χ3v) is 5.46. The molecule has 2 aromatic carbocycles. The van der Waals surface area contributed by atoms with Gasteiger partial charge in [0, 0.05) is 16.8 Å². The molecule has 164 valence electrons. The second-order valence-corrected chi connectivity index (χ2v) is 8.40. The van der Waals surface area contributed by atoms with Crippen LogP contribution in [0.4, 0.5) is 0 Å². The maximum atomic E-state index is 6.12. The van der Waals surface area contributed by atoms with Crippen molar-refractivity contribution in [3.05, 3.63) is 69.1 Å². The van der Waals surface area contributed by atoms with E-state index in [0.717, 1.165) is 10.9 Å². The maximum absolute atomic E-state index is 6.12. The Balaban J connectivity index is 0.000000636. The van der Waals surface area contributed by atoms with Crippen molar-refractivity contribution in [2.75, 3.05) is 21.1 Å². The molecule has 0 unspecified atom stereocenters. The van der Waals surface area contributed by atoms with Crippen LogP contribution in [0, 0.1) is 20.8 Å². The van der Waals surface area contributed by atoms with Gasteiger partial charge < -0.3 is 4.81 Å². The van der Waals surface area contributed by atoms with Gasteiger partial charge in [-0.15, -0.1) is 11.6 Å². The normalized spacial score (nSPS) is 10.5. The first-order valence-corrected chi connectivity index (χ1v) is 11.0. The number of hydrogen-bond donors (Lipinski definition) is 0. The molecular weight excluding hydrogens is 387 g/mol. The molecule has 0 spiro atoms. The number of rotatable bonds is 4. The van der Waals surface area contributed by atoms with Gasteiger partial charge in [-0.05, 0) is 77.7 Å². The number of alkyl halides is 1. The predicted molar refractivity (Wildman–Crippen MR) is 137 cm³/mol. The van der Waals surface area contributed by atoms with E-state index in [2.05, 4.69) is 84.5 Å². The highest BCUT2D eigenvalue weighted by Crippen LogP contribution is 2.23. The van der Waals surface area contributed by atoms with Crippen molar-refractivity contribution in [3.8, 4) is 0 Å². The van der Waals surface area contributed by atoms with Crippen LogP contribution in [0.3, 0.4) is 0 Å². The third-order valence-electron chi connectivity index (χ3n) is 5.15. The molecule has 4 heteroatoms. The summed E-state index contributed by atoms with van der Waals surface area (Å²) in [7, 11) is 12.2. The number of likely N-dealkylation sites (N-methyl/N-ethyl adjacent to an activating group) is 2. The van der Waals surface area contributed by atoms with Gasteiger partial charge in [0.25, 0.3) is 0 Å². The molecule has 2 radical (unpaired) electrons. The molecule has 0 aliphatic carbocycles. The van der Waals surface area contributed by atoms with E-state index in [-0.39, 0.29) is 5.54 Å². The van der Waals surface area contributed by atoms with Crippen LogP contribution in [0.5, 0.6) is 0 Å². The minimum atomic E-state index is -0.151. The largest absolute Gasteiger partial charge is 0.429 e. The van der Waals surface area contributed by atoms with Gasteiger partial charge in [-0.3, -0.25) is 4.90 Å². The number of benzene rings is 2. The molecule has 0 aliphatic rings. The Morgan fingerprint density at radius 1 is 0.967 bits per heavy atom. The van der Waals surface area contributed by atoms with Crippen molar-refractivity contribution in [2.24, 2.45) is 0 Å². The zero-order valence-corrected chi connectivity index (χ0v) is 21.5. The van der Waals surface area contributed by atoms with Crippen LogP contribution in [0.15, 0.2) is 36.4 Å². The first-order chi connectivity index (χ1) is 13.9. The fourth-order valence-electron chi connectivity index (χ4n) is 3.23. The summed E-state index contributed by atoms with van der Waals surface area (Å²) in [6, 6.07) is 12.4. The van der Waals surface area contributed by atoms with E-state index in [1.165, 1.54) is 27.5 Å². The molecule has 0 aliphatic heterocycles. The van der Waals surface area contributed by atoms with Gasteiger partial charge in [-0.2, -0.15) is 0 Å². The van der Waals surface area contributed by atoms with E-state index < -0.39 is 0 Å². The van der Waals surface area contributed by atoms with Crippen LogP contribution in [-0.4, -0.2) is 44.4 Å². The van der Waals surface area contributed by atoms with Gasteiger partial charge >= 0.3 is 0 Å². The molecule has 0 heterocycles. The molecule has 30 heavy (non-hydrogen) atoms. The van der Waals surface area contributed by atoms with Gasteiger partial charge in [-0.25, -0.2) is 0 Å². The highest BCUT2D eigenvalue weighted by atomic mass is 35.5. The number of hydrogen-bond acceptors (Lipinski definition) is 2. The summed E-state index contributed by atoms with van der Waals surface area (Å²) < 4.78 is 0. The van der Waals surface area contributed by atoms with Crippen molar-refractivity contribution in [1.29, 1.82) is 0 Å². The Morgan fingerprint density at radius 2 is 1.40 bits per heavy atom. The molecule has 0 N–H and O–H groups in total. The lowest BCUT2D eigenvalue weighted by Crippen LogP contribution is -2.47. The van der Waals surface area contributed by atoms with E-state index in [1.807, 2.05) is 33.0 Å². The van der Waals surface area contributed by atoms with Crippen molar-refractivity contribution >= 4 is 31.9 Å². The predicted octanol–water partition coefficient (Wildman–Crippen LogP) is 4.94. The van der Waals surface area contributed by atoms with Crippen LogP contribution in [0.1, 0.15) is 49.9 Å². The molecule has 0 bridgehead atoms. The zero-order chi connectivity index (χ0) is 23.6. The maximum Gasteiger partial charge on any atom is 0.225 e. The van der Waals surface area contributed by atoms with Crippen LogP contribution in [-0.2, 0) is 5.88 Å². The summed E-state index contributed by atoms with van der Waals surface area (Å²) in [6.45, 7) is 18.7. The second-order valence-electron chi connectivity index (χ2n) is 8.14. The van der Waals surface area contributed by atoms with Crippen molar-refractivity contribution in [1.82, 2.24) is 9.71 Å². The summed E-state index contributed by atoms with van der Waals surface area (Å²) >= 11 is 5.58. The molecule has 0 fully saturated rings. The SMILES string of the molecule is CC.Cc1ccc(CCl)cc1.[B]N(C)C(=c1c(C)cc(=C)cc1C)C(C)(C)N(C)C. The first kappa shape index (κ1) is 28.3. The van der Waals surface area contributed by atoms with E-state index in [0.29, 0.717) is 5.88 Å². The van der Waals surface area contributed by atoms with Crippen molar-refractivity contribution < 1.29 is 0 Å². The molecule has 0 saturated carbocycles. The summed E-state index contributed by atoms with van der Waals surface area (Å²) in [6.07, 6.45) is 0. The highest BCUT2D eigenvalue weighted by Gasteiger charge is 2.28. The summed E-state index contributed by atoms with van der Waals surface area (Å²) in [5.74, 6) is 0.611. The monoisotopic (exact) mass is 426 g/mol. The lowest BCUT2D eigenvalue weighted by Gasteiger charge is -2.39. The van der Waals surface area contributed by atoms with Gasteiger partial charge in [0.15, 0.2) is 0 Å². The minimum Gasteiger partial charge on any atom is -0.429 e. The van der Waals surface area contributed by atoms with Gasteiger partial charge in [0.05, 0.1) is 5.54 Å². The smallest absolute Gasteiger partial charge is 0.225 e. The highest BCUT2D eigenvalue weighted by molar-refractivity contribution is 6.17. The topological polar surface area (TPSA) is 6.48 Å². The molecular formula is C26H40BClN2.